The number of anilines is 1. The van der Waals surface area contributed by atoms with Crippen LogP contribution in [-0.4, -0.2) is 53.4 Å². The molecule has 1 aliphatic carbocycles. The fourth-order valence-electron chi connectivity index (χ4n) is 2.14. The van der Waals surface area contributed by atoms with Gasteiger partial charge in [-0.1, -0.05) is 0 Å². The highest BCUT2D eigenvalue weighted by Crippen LogP contribution is 2.44. The summed E-state index contributed by atoms with van der Waals surface area (Å²) in [7, 11) is -3.54. The summed E-state index contributed by atoms with van der Waals surface area (Å²) in [4.78, 5) is 16.5. The molecular formula is C15H22BrN3O5S. The molecule has 8 nitrogen and oxygen atoms in total. The van der Waals surface area contributed by atoms with Gasteiger partial charge in [-0.05, 0) is 55.6 Å². The van der Waals surface area contributed by atoms with Crippen LogP contribution >= 0.6 is 15.9 Å². The third-order valence-electron chi connectivity index (χ3n) is 4.10. The molecule has 1 aromatic rings. The molecule has 140 valence electrons. The quantitative estimate of drug-likeness (QED) is 0.649. The van der Waals surface area contributed by atoms with Crippen molar-refractivity contribution in [3.05, 3.63) is 16.7 Å². The lowest BCUT2D eigenvalue weighted by Crippen LogP contribution is -2.38. The Morgan fingerprint density at radius 2 is 2.16 bits per heavy atom. The Bertz CT molecular complexity index is 750. The molecule has 0 radical (unpaired) electrons. The van der Waals surface area contributed by atoms with Crippen molar-refractivity contribution < 1.29 is 23.1 Å². The minimum atomic E-state index is -3.54. The second kappa shape index (κ2) is 7.36. The smallest absolute Gasteiger partial charge is 0.407 e. The van der Waals surface area contributed by atoms with Gasteiger partial charge < -0.3 is 14.7 Å². The van der Waals surface area contributed by atoms with Crippen molar-refractivity contribution >= 4 is 37.7 Å². The summed E-state index contributed by atoms with van der Waals surface area (Å²) < 4.78 is 32.7. The van der Waals surface area contributed by atoms with E-state index in [1.807, 2.05) is 0 Å². The van der Waals surface area contributed by atoms with Crippen LogP contribution in [0.4, 0.5) is 10.5 Å². The molecule has 0 saturated heterocycles. The second-order valence-electron chi connectivity index (χ2n) is 6.48. The van der Waals surface area contributed by atoms with Crippen LogP contribution in [0.2, 0.25) is 0 Å². The van der Waals surface area contributed by atoms with E-state index in [-0.39, 0.29) is 30.8 Å². The summed E-state index contributed by atoms with van der Waals surface area (Å²) in [5.74, 6) is 0.116. The maximum absolute atomic E-state index is 12.4. The van der Waals surface area contributed by atoms with Crippen LogP contribution in [0.1, 0.15) is 33.6 Å². The number of nitrogens with zero attached hydrogens (tertiary/aromatic N) is 2. The fraction of sp³-hybridized carbons (Fsp3) is 0.600. The summed E-state index contributed by atoms with van der Waals surface area (Å²) >= 11 is 3.26. The molecule has 1 fully saturated rings. The van der Waals surface area contributed by atoms with Crippen LogP contribution in [0.3, 0.4) is 0 Å². The monoisotopic (exact) mass is 435 g/mol. The van der Waals surface area contributed by atoms with E-state index in [4.69, 9.17) is 9.84 Å². The first-order valence-corrected chi connectivity index (χ1v) is 10.1. The maximum Gasteiger partial charge on any atom is 0.407 e. The summed E-state index contributed by atoms with van der Waals surface area (Å²) in [6.45, 7) is 5.43. The number of nitrogens with one attached hydrogen (secondary N) is 1. The van der Waals surface area contributed by atoms with Crippen LogP contribution in [0.25, 0.3) is 0 Å². The Morgan fingerprint density at radius 3 is 2.68 bits per heavy atom. The Balaban J connectivity index is 2.10. The normalized spacial score (nSPS) is 15.7. The van der Waals surface area contributed by atoms with E-state index in [9.17, 15) is 13.2 Å². The first-order valence-electron chi connectivity index (χ1n) is 7.86. The SMILES string of the molecule is CC(C)N(CCOc1ncc(Br)cc1NS(=O)(=O)C1(C)CC1)C(=O)O. The van der Waals surface area contributed by atoms with E-state index in [2.05, 4.69) is 25.6 Å². The second-order valence-corrected chi connectivity index (χ2v) is 9.59. The number of ether oxygens (including phenoxy) is 1. The van der Waals surface area contributed by atoms with Gasteiger partial charge in [-0.3, -0.25) is 4.72 Å². The first kappa shape index (κ1) is 19.8. The van der Waals surface area contributed by atoms with E-state index in [0.717, 1.165) is 0 Å². The molecule has 1 amide bonds. The van der Waals surface area contributed by atoms with Crippen molar-refractivity contribution in [1.29, 1.82) is 0 Å². The molecule has 0 bridgehead atoms. The predicted molar refractivity (Wildman–Crippen MR) is 97.5 cm³/mol. The number of hydrogen-bond acceptors (Lipinski definition) is 5. The van der Waals surface area contributed by atoms with Gasteiger partial charge in [-0.25, -0.2) is 18.2 Å². The van der Waals surface area contributed by atoms with Gasteiger partial charge >= 0.3 is 6.09 Å². The van der Waals surface area contributed by atoms with E-state index in [1.165, 1.54) is 11.1 Å². The summed E-state index contributed by atoms with van der Waals surface area (Å²) in [6.07, 6.45) is 1.68. The number of amides is 1. The lowest BCUT2D eigenvalue weighted by atomic mass is 10.3. The van der Waals surface area contributed by atoms with Gasteiger partial charge in [-0.2, -0.15) is 0 Å². The van der Waals surface area contributed by atoms with Gasteiger partial charge in [0.2, 0.25) is 15.9 Å². The molecule has 1 aromatic heterocycles. The lowest BCUT2D eigenvalue weighted by Gasteiger charge is -2.23. The number of hydrogen-bond donors (Lipinski definition) is 2. The van der Waals surface area contributed by atoms with Gasteiger partial charge in [-0.15, -0.1) is 0 Å². The van der Waals surface area contributed by atoms with Crippen molar-refractivity contribution in [1.82, 2.24) is 9.88 Å². The zero-order chi connectivity index (χ0) is 18.8. The number of aromatic nitrogens is 1. The molecule has 2 rings (SSSR count). The van der Waals surface area contributed by atoms with Crippen molar-refractivity contribution in [2.24, 2.45) is 0 Å². The number of pyridine rings is 1. The molecule has 0 atom stereocenters. The molecule has 1 aliphatic rings. The van der Waals surface area contributed by atoms with E-state index in [0.29, 0.717) is 17.3 Å². The largest absolute Gasteiger partial charge is 0.474 e. The third-order valence-corrected chi connectivity index (χ3v) is 6.73. The zero-order valence-corrected chi connectivity index (χ0v) is 16.7. The Hall–Kier alpha value is -1.55. The van der Waals surface area contributed by atoms with E-state index >= 15 is 0 Å². The minimum absolute atomic E-state index is 0.0606. The molecule has 0 unspecified atom stereocenters. The summed E-state index contributed by atoms with van der Waals surface area (Å²) in [6, 6.07) is 1.38. The Morgan fingerprint density at radius 1 is 1.52 bits per heavy atom. The lowest BCUT2D eigenvalue weighted by molar-refractivity contribution is 0.120. The number of halogens is 1. The standard InChI is InChI=1S/C15H22BrN3O5S/c1-10(2)19(14(20)21)6-7-24-13-12(8-11(16)9-17-13)18-25(22,23)15(3)4-5-15/h8-10,18H,4-7H2,1-3H3,(H,20,21). The van der Waals surface area contributed by atoms with Gasteiger partial charge in [0, 0.05) is 16.7 Å². The van der Waals surface area contributed by atoms with Gasteiger partial charge in [0.25, 0.3) is 0 Å². The number of sulfonamides is 1. The fourth-order valence-corrected chi connectivity index (χ4v) is 3.80. The molecule has 25 heavy (non-hydrogen) atoms. The Labute approximate surface area is 155 Å². The molecule has 10 heteroatoms. The number of rotatable bonds is 8. The zero-order valence-electron chi connectivity index (χ0n) is 14.3. The van der Waals surface area contributed by atoms with Crippen molar-refractivity contribution in [2.45, 2.75) is 44.4 Å². The minimum Gasteiger partial charge on any atom is -0.474 e. The molecule has 0 spiro atoms. The summed E-state index contributed by atoms with van der Waals surface area (Å²) in [5, 5.41) is 9.14. The number of carbonyl (C=O) groups is 1. The van der Waals surface area contributed by atoms with Crippen LogP contribution in [-0.2, 0) is 10.0 Å². The first-order chi connectivity index (χ1) is 11.6. The third kappa shape index (κ3) is 4.75. The Kier molecular flexibility index (Phi) is 5.82. The van der Waals surface area contributed by atoms with Crippen LogP contribution in [0.15, 0.2) is 16.7 Å². The molecule has 1 heterocycles. The number of carboxylic acid groups (broad SMARTS) is 1. The summed E-state index contributed by atoms with van der Waals surface area (Å²) in [5.41, 5.74) is 0.230. The molecule has 0 aliphatic heterocycles. The highest BCUT2D eigenvalue weighted by Gasteiger charge is 2.50. The van der Waals surface area contributed by atoms with Gasteiger partial charge in [0.05, 0.1) is 11.3 Å². The van der Waals surface area contributed by atoms with Crippen LogP contribution in [0.5, 0.6) is 5.88 Å². The average Bonchev–Trinajstić information content (AvgIpc) is 3.24. The highest BCUT2D eigenvalue weighted by atomic mass is 79.9. The molecule has 0 aromatic carbocycles. The van der Waals surface area contributed by atoms with E-state index < -0.39 is 20.9 Å². The van der Waals surface area contributed by atoms with E-state index in [1.54, 1.807) is 26.8 Å². The van der Waals surface area contributed by atoms with Crippen molar-refractivity contribution in [3.63, 3.8) is 0 Å². The maximum atomic E-state index is 12.4. The molecule has 2 N–H and O–H groups in total. The van der Waals surface area contributed by atoms with Crippen LogP contribution < -0.4 is 9.46 Å². The van der Waals surface area contributed by atoms with Gasteiger partial charge in [0.15, 0.2) is 0 Å². The molecule has 1 saturated carbocycles. The topological polar surface area (TPSA) is 109 Å². The molecular weight excluding hydrogens is 414 g/mol. The average molecular weight is 436 g/mol. The van der Waals surface area contributed by atoms with Crippen molar-refractivity contribution in [3.8, 4) is 5.88 Å². The highest BCUT2D eigenvalue weighted by molar-refractivity contribution is 9.10. The van der Waals surface area contributed by atoms with Gasteiger partial charge in [0.1, 0.15) is 12.3 Å². The van der Waals surface area contributed by atoms with Crippen LogP contribution in [0, 0.1) is 0 Å². The predicted octanol–water partition coefficient (Wildman–Crippen LogP) is 2.91. The van der Waals surface area contributed by atoms with Crippen molar-refractivity contribution in [2.75, 3.05) is 17.9 Å².